The first-order valence-electron chi connectivity index (χ1n) is 6.78. The number of methoxy groups -OCH3 is 1. The number of ether oxygens (including phenoxy) is 1. The topological polar surface area (TPSA) is 79.5 Å². The Morgan fingerprint density at radius 3 is 2.62 bits per heavy atom. The Balaban J connectivity index is 1.98. The van der Waals surface area contributed by atoms with Gasteiger partial charge in [-0.3, -0.25) is 15.6 Å². The summed E-state index contributed by atoms with van der Waals surface area (Å²) in [6.07, 6.45) is 0.792. The van der Waals surface area contributed by atoms with Crippen molar-refractivity contribution >= 4 is 72.8 Å². The second-order valence-corrected chi connectivity index (χ2v) is 8.45. The van der Waals surface area contributed by atoms with Gasteiger partial charge in [0.25, 0.3) is 5.91 Å². The standard InChI is InChI=1S/C14H14BrN3O3S3/c1-3-7-6-8(13(20)21-2)12(23-7)16-14(22)18-17-11(19)9-4-5-10(15)24-9/h4-6H,3H2,1-2H3,(H,17,19)(H2,16,18,22). The quantitative estimate of drug-likeness (QED) is 0.377. The molecular formula is C14H14BrN3O3S3. The molecule has 0 bridgehead atoms. The number of aryl methyl sites for hydroxylation is 1. The maximum absolute atomic E-state index is 11.9. The molecule has 0 fully saturated rings. The second-order valence-electron chi connectivity index (χ2n) is 4.44. The van der Waals surface area contributed by atoms with Gasteiger partial charge in [0.2, 0.25) is 0 Å². The van der Waals surface area contributed by atoms with Crippen molar-refractivity contribution in [3.63, 3.8) is 0 Å². The number of rotatable bonds is 4. The van der Waals surface area contributed by atoms with Gasteiger partial charge in [-0.25, -0.2) is 4.79 Å². The van der Waals surface area contributed by atoms with Gasteiger partial charge in [-0.15, -0.1) is 22.7 Å². The van der Waals surface area contributed by atoms with E-state index in [1.807, 2.05) is 6.92 Å². The highest BCUT2D eigenvalue weighted by molar-refractivity contribution is 9.11. The normalized spacial score (nSPS) is 10.1. The van der Waals surface area contributed by atoms with Gasteiger partial charge in [-0.05, 0) is 52.8 Å². The van der Waals surface area contributed by atoms with Crippen LogP contribution >= 0.6 is 50.8 Å². The van der Waals surface area contributed by atoms with Crippen LogP contribution in [0.2, 0.25) is 0 Å². The minimum absolute atomic E-state index is 0.175. The molecule has 0 unspecified atom stereocenters. The molecule has 0 aliphatic carbocycles. The van der Waals surface area contributed by atoms with Crippen LogP contribution in [0.1, 0.15) is 31.8 Å². The molecule has 0 aromatic carbocycles. The Labute approximate surface area is 160 Å². The van der Waals surface area contributed by atoms with Crippen molar-refractivity contribution in [3.05, 3.63) is 37.3 Å². The first-order valence-corrected chi connectivity index (χ1v) is 9.61. The summed E-state index contributed by atoms with van der Waals surface area (Å²) in [4.78, 5) is 25.3. The van der Waals surface area contributed by atoms with Crippen molar-refractivity contribution in [1.29, 1.82) is 0 Å². The fourth-order valence-corrected chi connectivity index (χ4v) is 4.20. The van der Waals surface area contributed by atoms with Gasteiger partial charge in [0.15, 0.2) is 5.11 Å². The number of carbonyl (C=O) groups is 2. The Morgan fingerprint density at radius 2 is 2.04 bits per heavy atom. The molecule has 0 saturated carbocycles. The number of hydrazine groups is 1. The first-order chi connectivity index (χ1) is 11.4. The van der Waals surface area contributed by atoms with E-state index >= 15 is 0 Å². The van der Waals surface area contributed by atoms with Gasteiger partial charge in [-0.1, -0.05) is 6.92 Å². The molecular weight excluding hydrogens is 434 g/mol. The van der Waals surface area contributed by atoms with Crippen molar-refractivity contribution in [2.45, 2.75) is 13.3 Å². The van der Waals surface area contributed by atoms with Crippen LogP contribution < -0.4 is 16.2 Å². The van der Waals surface area contributed by atoms with Crippen LogP contribution in [-0.4, -0.2) is 24.1 Å². The van der Waals surface area contributed by atoms with Crippen molar-refractivity contribution in [1.82, 2.24) is 10.9 Å². The molecule has 10 heteroatoms. The third-order valence-corrected chi connectivity index (χ3v) is 5.87. The number of halogens is 1. The molecule has 0 saturated heterocycles. The predicted molar refractivity (Wildman–Crippen MR) is 104 cm³/mol. The van der Waals surface area contributed by atoms with Crippen molar-refractivity contribution < 1.29 is 14.3 Å². The Kier molecular flexibility index (Phi) is 6.72. The molecule has 0 aliphatic rings. The van der Waals surface area contributed by atoms with Crippen LogP contribution in [-0.2, 0) is 11.2 Å². The van der Waals surface area contributed by atoms with Crippen LogP contribution in [0.3, 0.4) is 0 Å². The lowest BCUT2D eigenvalue weighted by molar-refractivity contribution is 0.0602. The molecule has 0 aliphatic heterocycles. The van der Waals surface area contributed by atoms with E-state index in [0.717, 1.165) is 15.1 Å². The average molecular weight is 448 g/mol. The third-order valence-electron chi connectivity index (χ3n) is 2.85. The summed E-state index contributed by atoms with van der Waals surface area (Å²) in [6.45, 7) is 1.99. The number of hydrogen-bond donors (Lipinski definition) is 3. The van der Waals surface area contributed by atoms with E-state index in [1.54, 1.807) is 18.2 Å². The molecule has 2 aromatic rings. The van der Waals surface area contributed by atoms with Crippen molar-refractivity contribution in [3.8, 4) is 0 Å². The van der Waals surface area contributed by atoms with Crippen molar-refractivity contribution in [2.24, 2.45) is 0 Å². The highest BCUT2D eigenvalue weighted by Crippen LogP contribution is 2.29. The SMILES string of the molecule is CCc1cc(C(=O)OC)c(NC(=S)NNC(=O)c2ccc(Br)s2)s1. The third kappa shape index (κ3) is 4.76. The number of hydrogen-bond acceptors (Lipinski definition) is 6. The number of nitrogens with one attached hydrogen (secondary N) is 3. The molecule has 2 heterocycles. The highest BCUT2D eigenvalue weighted by Gasteiger charge is 2.17. The number of esters is 1. The lowest BCUT2D eigenvalue weighted by atomic mass is 10.2. The molecule has 6 nitrogen and oxygen atoms in total. The zero-order chi connectivity index (χ0) is 17.7. The largest absolute Gasteiger partial charge is 0.465 e. The minimum Gasteiger partial charge on any atom is -0.465 e. The number of thiocarbonyl (C=S) groups is 1. The summed E-state index contributed by atoms with van der Waals surface area (Å²) < 4.78 is 5.63. The number of carbonyl (C=O) groups excluding carboxylic acids is 2. The average Bonchev–Trinajstić information content (AvgIpc) is 3.18. The molecule has 24 heavy (non-hydrogen) atoms. The summed E-state index contributed by atoms with van der Waals surface area (Å²) in [7, 11) is 1.32. The fraction of sp³-hybridized carbons (Fsp3) is 0.214. The lowest BCUT2D eigenvalue weighted by Gasteiger charge is -2.10. The van der Waals surface area contributed by atoms with Gasteiger partial charge in [0, 0.05) is 4.88 Å². The van der Waals surface area contributed by atoms with E-state index in [1.165, 1.54) is 29.8 Å². The van der Waals surface area contributed by atoms with E-state index in [-0.39, 0.29) is 11.0 Å². The van der Waals surface area contributed by atoms with Gasteiger partial charge in [0.1, 0.15) is 5.00 Å². The molecule has 1 amide bonds. The molecule has 0 radical (unpaired) electrons. The monoisotopic (exact) mass is 447 g/mol. The zero-order valence-electron chi connectivity index (χ0n) is 12.8. The Bertz CT molecular complexity index is 772. The summed E-state index contributed by atoms with van der Waals surface area (Å²) in [5.41, 5.74) is 5.53. The van der Waals surface area contributed by atoms with Gasteiger partial charge in [0.05, 0.1) is 21.3 Å². The van der Waals surface area contributed by atoms with Crippen LogP contribution in [0.25, 0.3) is 0 Å². The Hall–Kier alpha value is -1.49. The highest BCUT2D eigenvalue weighted by atomic mass is 79.9. The van der Waals surface area contributed by atoms with E-state index < -0.39 is 5.97 Å². The minimum atomic E-state index is -0.441. The van der Waals surface area contributed by atoms with Gasteiger partial charge >= 0.3 is 5.97 Å². The lowest BCUT2D eigenvalue weighted by Crippen LogP contribution is -2.43. The van der Waals surface area contributed by atoms with Crippen LogP contribution in [0, 0.1) is 0 Å². The molecule has 2 rings (SSSR count). The second kappa shape index (κ2) is 8.56. The first kappa shape index (κ1) is 18.8. The van der Waals surface area contributed by atoms with Crippen LogP contribution in [0.15, 0.2) is 22.0 Å². The summed E-state index contributed by atoms with van der Waals surface area (Å²) in [5, 5.41) is 3.66. The fourth-order valence-electron chi connectivity index (χ4n) is 1.72. The Morgan fingerprint density at radius 1 is 1.29 bits per heavy atom. The van der Waals surface area contributed by atoms with Crippen LogP contribution in [0.4, 0.5) is 5.00 Å². The van der Waals surface area contributed by atoms with Gasteiger partial charge in [-0.2, -0.15) is 0 Å². The van der Waals surface area contributed by atoms with E-state index in [2.05, 4.69) is 32.1 Å². The summed E-state index contributed by atoms with van der Waals surface area (Å²) in [5.74, 6) is -0.743. The maximum atomic E-state index is 11.9. The van der Waals surface area contributed by atoms with E-state index in [0.29, 0.717) is 15.4 Å². The van der Waals surface area contributed by atoms with Gasteiger partial charge < -0.3 is 10.1 Å². The van der Waals surface area contributed by atoms with E-state index in [9.17, 15) is 9.59 Å². The van der Waals surface area contributed by atoms with E-state index in [4.69, 9.17) is 17.0 Å². The summed E-state index contributed by atoms with van der Waals surface area (Å²) in [6, 6.07) is 5.25. The maximum Gasteiger partial charge on any atom is 0.340 e. The summed E-state index contributed by atoms with van der Waals surface area (Å²) >= 11 is 11.2. The van der Waals surface area contributed by atoms with Crippen LogP contribution in [0.5, 0.6) is 0 Å². The molecule has 2 aromatic heterocycles. The number of thiophene rings is 2. The zero-order valence-corrected chi connectivity index (χ0v) is 16.8. The smallest absolute Gasteiger partial charge is 0.340 e. The molecule has 3 N–H and O–H groups in total. The molecule has 0 spiro atoms. The number of anilines is 1. The molecule has 128 valence electrons. The number of amides is 1. The predicted octanol–water partition coefficient (Wildman–Crippen LogP) is 3.55. The van der Waals surface area contributed by atoms with Crippen molar-refractivity contribution in [2.75, 3.05) is 12.4 Å². The molecule has 0 atom stereocenters.